The van der Waals surface area contributed by atoms with Gasteiger partial charge in [0.25, 0.3) is 0 Å². The van der Waals surface area contributed by atoms with Crippen molar-refractivity contribution in [3.63, 3.8) is 0 Å². The second-order valence-electron chi connectivity index (χ2n) is 2.78. The Hall–Kier alpha value is -0.410. The molecule has 0 spiro atoms. The quantitative estimate of drug-likeness (QED) is 0.569. The maximum atomic E-state index is 4.40. The molecular formula is C7H10N2S. The Morgan fingerprint density at radius 3 is 2.90 bits per heavy atom. The lowest BCUT2D eigenvalue weighted by molar-refractivity contribution is 0.629. The van der Waals surface area contributed by atoms with Gasteiger partial charge in [-0.15, -0.1) is 11.3 Å². The number of aryl methyl sites for hydroxylation is 1. The first kappa shape index (κ1) is 6.31. The highest BCUT2D eigenvalue weighted by molar-refractivity contribution is 7.09. The van der Waals surface area contributed by atoms with Crippen LogP contribution in [0, 0.1) is 6.92 Å². The first-order chi connectivity index (χ1) is 4.77. The van der Waals surface area contributed by atoms with Crippen LogP contribution in [-0.4, -0.2) is 23.5 Å². The molecule has 54 valence electrons. The molecule has 2 nitrogen and oxygen atoms in total. The SMILES string of the molecule is Cc1csc(C2CN2C)n1. The molecule has 2 rings (SSSR count). The summed E-state index contributed by atoms with van der Waals surface area (Å²) in [7, 11) is 2.13. The zero-order valence-corrected chi connectivity index (χ0v) is 6.98. The number of thiazole rings is 1. The Bertz CT molecular complexity index is 244. The molecule has 1 aromatic heterocycles. The minimum Gasteiger partial charge on any atom is -0.294 e. The molecule has 1 aromatic rings. The number of rotatable bonds is 1. The minimum absolute atomic E-state index is 0.638. The molecule has 3 heteroatoms. The average molecular weight is 154 g/mol. The Kier molecular flexibility index (Phi) is 1.28. The lowest BCUT2D eigenvalue weighted by atomic mass is 10.5. The van der Waals surface area contributed by atoms with Crippen LogP contribution in [0.15, 0.2) is 5.38 Å². The van der Waals surface area contributed by atoms with Gasteiger partial charge in [-0.1, -0.05) is 0 Å². The van der Waals surface area contributed by atoms with E-state index in [1.165, 1.54) is 11.6 Å². The van der Waals surface area contributed by atoms with E-state index < -0.39 is 0 Å². The number of aromatic nitrogens is 1. The van der Waals surface area contributed by atoms with Crippen molar-refractivity contribution in [1.82, 2.24) is 9.88 Å². The van der Waals surface area contributed by atoms with Crippen LogP contribution < -0.4 is 0 Å². The average Bonchev–Trinajstić information content (AvgIpc) is 2.42. The van der Waals surface area contributed by atoms with Gasteiger partial charge in [-0.3, -0.25) is 4.90 Å². The van der Waals surface area contributed by atoms with Crippen molar-refractivity contribution in [2.75, 3.05) is 13.6 Å². The van der Waals surface area contributed by atoms with Crippen LogP contribution in [0.5, 0.6) is 0 Å². The topological polar surface area (TPSA) is 15.9 Å². The third-order valence-corrected chi connectivity index (χ3v) is 2.85. The Morgan fingerprint density at radius 2 is 2.50 bits per heavy atom. The predicted molar refractivity (Wildman–Crippen MR) is 42.2 cm³/mol. The van der Waals surface area contributed by atoms with E-state index in [-0.39, 0.29) is 0 Å². The van der Waals surface area contributed by atoms with Crippen LogP contribution in [0.4, 0.5) is 0 Å². The van der Waals surface area contributed by atoms with Gasteiger partial charge in [0.2, 0.25) is 0 Å². The molecule has 2 atom stereocenters. The van der Waals surface area contributed by atoms with E-state index in [1.54, 1.807) is 11.3 Å². The van der Waals surface area contributed by atoms with Gasteiger partial charge in [0, 0.05) is 17.6 Å². The van der Waals surface area contributed by atoms with Crippen molar-refractivity contribution in [1.29, 1.82) is 0 Å². The third kappa shape index (κ3) is 0.954. The first-order valence-corrected chi connectivity index (χ1v) is 4.27. The highest BCUT2D eigenvalue weighted by Gasteiger charge is 2.33. The monoisotopic (exact) mass is 154 g/mol. The summed E-state index contributed by atoms with van der Waals surface area (Å²) in [5.74, 6) is 0. The maximum Gasteiger partial charge on any atom is 0.111 e. The Balaban J connectivity index is 2.20. The van der Waals surface area contributed by atoms with Gasteiger partial charge < -0.3 is 0 Å². The largest absolute Gasteiger partial charge is 0.294 e. The molecule has 0 amide bonds. The van der Waals surface area contributed by atoms with Crippen molar-refractivity contribution < 1.29 is 0 Å². The molecule has 2 unspecified atom stereocenters. The van der Waals surface area contributed by atoms with Gasteiger partial charge in [-0.05, 0) is 14.0 Å². The fraction of sp³-hybridized carbons (Fsp3) is 0.571. The molecule has 0 saturated carbocycles. The van der Waals surface area contributed by atoms with Gasteiger partial charge in [0.15, 0.2) is 0 Å². The summed E-state index contributed by atoms with van der Waals surface area (Å²) in [4.78, 5) is 6.69. The third-order valence-electron chi connectivity index (χ3n) is 1.78. The number of hydrogen-bond donors (Lipinski definition) is 0. The lowest BCUT2D eigenvalue weighted by Gasteiger charge is -1.87. The molecule has 2 heterocycles. The summed E-state index contributed by atoms with van der Waals surface area (Å²) >= 11 is 1.77. The first-order valence-electron chi connectivity index (χ1n) is 3.39. The second kappa shape index (κ2) is 2.04. The number of likely N-dealkylation sites (N-methyl/N-ethyl adjacent to an activating group) is 1. The van der Waals surface area contributed by atoms with Gasteiger partial charge in [-0.2, -0.15) is 0 Å². The summed E-state index contributed by atoms with van der Waals surface area (Å²) in [6, 6.07) is 0.638. The highest BCUT2D eigenvalue weighted by atomic mass is 32.1. The molecule has 1 saturated heterocycles. The van der Waals surface area contributed by atoms with Crippen LogP contribution in [0.3, 0.4) is 0 Å². The molecule has 0 N–H and O–H groups in total. The second-order valence-corrected chi connectivity index (χ2v) is 3.67. The molecule has 10 heavy (non-hydrogen) atoms. The molecule has 0 aromatic carbocycles. The summed E-state index contributed by atoms with van der Waals surface area (Å²) in [6.45, 7) is 3.23. The molecule has 0 radical (unpaired) electrons. The van der Waals surface area contributed by atoms with Gasteiger partial charge in [0.1, 0.15) is 5.01 Å². The maximum absolute atomic E-state index is 4.40. The number of nitrogens with zero attached hydrogens (tertiary/aromatic N) is 2. The fourth-order valence-electron chi connectivity index (χ4n) is 1.02. The Labute approximate surface area is 64.5 Å². The lowest BCUT2D eigenvalue weighted by Crippen LogP contribution is -1.86. The summed E-state index contributed by atoms with van der Waals surface area (Å²) in [6.07, 6.45) is 0. The summed E-state index contributed by atoms with van der Waals surface area (Å²) in [5, 5.41) is 3.39. The van der Waals surface area contributed by atoms with E-state index in [4.69, 9.17) is 0 Å². The van der Waals surface area contributed by atoms with Crippen molar-refractivity contribution in [3.05, 3.63) is 16.1 Å². The Morgan fingerprint density at radius 1 is 1.80 bits per heavy atom. The van der Waals surface area contributed by atoms with Crippen molar-refractivity contribution in [2.45, 2.75) is 13.0 Å². The summed E-state index contributed by atoms with van der Waals surface area (Å²) in [5.41, 5.74) is 1.15. The van der Waals surface area contributed by atoms with Crippen molar-refractivity contribution >= 4 is 11.3 Å². The number of hydrogen-bond acceptors (Lipinski definition) is 3. The van der Waals surface area contributed by atoms with E-state index in [0.29, 0.717) is 6.04 Å². The van der Waals surface area contributed by atoms with Crippen LogP contribution in [0.25, 0.3) is 0 Å². The van der Waals surface area contributed by atoms with Gasteiger partial charge in [0.05, 0.1) is 6.04 Å². The van der Waals surface area contributed by atoms with Gasteiger partial charge in [-0.25, -0.2) is 4.98 Å². The van der Waals surface area contributed by atoms with Crippen LogP contribution >= 0.6 is 11.3 Å². The molecule has 1 aliphatic heterocycles. The zero-order valence-electron chi connectivity index (χ0n) is 6.16. The van der Waals surface area contributed by atoms with E-state index >= 15 is 0 Å². The predicted octanol–water partition coefficient (Wildman–Crippen LogP) is 1.44. The minimum atomic E-state index is 0.638. The highest BCUT2D eigenvalue weighted by Crippen LogP contribution is 2.33. The van der Waals surface area contributed by atoms with E-state index in [2.05, 4.69) is 22.3 Å². The fourth-order valence-corrected chi connectivity index (χ4v) is 1.97. The molecule has 0 aliphatic carbocycles. The van der Waals surface area contributed by atoms with Crippen LogP contribution in [0.2, 0.25) is 0 Å². The van der Waals surface area contributed by atoms with E-state index in [9.17, 15) is 0 Å². The molecule has 1 fully saturated rings. The van der Waals surface area contributed by atoms with Crippen molar-refractivity contribution in [2.24, 2.45) is 0 Å². The molecule has 0 bridgehead atoms. The van der Waals surface area contributed by atoms with Crippen LogP contribution in [-0.2, 0) is 0 Å². The van der Waals surface area contributed by atoms with Crippen LogP contribution in [0.1, 0.15) is 16.7 Å². The normalized spacial score (nSPS) is 30.6. The zero-order chi connectivity index (χ0) is 7.14. The van der Waals surface area contributed by atoms with E-state index in [1.807, 2.05) is 6.92 Å². The summed E-state index contributed by atoms with van der Waals surface area (Å²) < 4.78 is 0. The molecular weight excluding hydrogens is 144 g/mol. The van der Waals surface area contributed by atoms with Crippen molar-refractivity contribution in [3.8, 4) is 0 Å². The van der Waals surface area contributed by atoms with Gasteiger partial charge >= 0.3 is 0 Å². The molecule has 1 aliphatic rings. The smallest absolute Gasteiger partial charge is 0.111 e. The van der Waals surface area contributed by atoms with E-state index in [0.717, 1.165) is 5.69 Å². The standard InChI is InChI=1S/C7H10N2S/c1-5-4-10-7(8-5)6-3-9(6)2/h4,6H,3H2,1-2H3.